The third-order valence-corrected chi connectivity index (χ3v) is 4.26. The summed E-state index contributed by atoms with van der Waals surface area (Å²) in [4.78, 5) is 2.78. The van der Waals surface area contributed by atoms with Crippen molar-refractivity contribution in [1.29, 1.82) is 0 Å². The second-order valence-corrected chi connectivity index (χ2v) is 5.65. The maximum Gasteiger partial charge on any atom is 0.0380 e. The molecule has 0 aliphatic heterocycles. The summed E-state index contributed by atoms with van der Waals surface area (Å²) in [5.74, 6) is 0. The van der Waals surface area contributed by atoms with E-state index in [4.69, 9.17) is 0 Å². The number of aryl methyl sites for hydroxylation is 2. The van der Waals surface area contributed by atoms with Crippen LogP contribution in [0.1, 0.15) is 10.4 Å². The summed E-state index contributed by atoms with van der Waals surface area (Å²) >= 11 is 1.88. The number of fused-ring (bicyclic) bond motifs is 1. The van der Waals surface area contributed by atoms with Crippen molar-refractivity contribution < 1.29 is 0 Å². The zero-order valence-corrected chi connectivity index (χ0v) is 10.8. The molecule has 0 spiro atoms. The van der Waals surface area contributed by atoms with Crippen molar-refractivity contribution >= 4 is 22.1 Å². The fourth-order valence-electron chi connectivity index (χ4n) is 2.33. The van der Waals surface area contributed by atoms with Crippen molar-refractivity contribution in [3.63, 3.8) is 0 Å². The Bertz CT molecular complexity index is 672. The highest BCUT2D eigenvalue weighted by Crippen LogP contribution is 2.36. The van der Waals surface area contributed by atoms with Gasteiger partial charge in [0.05, 0.1) is 0 Å². The molecule has 0 atom stereocenters. The first kappa shape index (κ1) is 10.5. The van der Waals surface area contributed by atoms with E-state index in [1.165, 1.54) is 31.7 Å². The van der Waals surface area contributed by atoms with Gasteiger partial charge in [-0.1, -0.05) is 42.5 Å². The molecule has 2 aromatic carbocycles. The van der Waals surface area contributed by atoms with E-state index in [2.05, 4.69) is 62.4 Å². The second-order valence-electron chi connectivity index (χ2n) is 4.40. The first-order chi connectivity index (χ1) is 8.25. The van der Waals surface area contributed by atoms with Gasteiger partial charge in [0.25, 0.3) is 0 Å². The predicted octanol–water partition coefficient (Wildman–Crippen LogP) is 5.19. The Labute approximate surface area is 106 Å². The molecule has 0 unspecified atom stereocenters. The zero-order chi connectivity index (χ0) is 11.8. The van der Waals surface area contributed by atoms with Crippen LogP contribution in [0, 0.1) is 13.8 Å². The molecule has 17 heavy (non-hydrogen) atoms. The quantitative estimate of drug-likeness (QED) is 0.547. The summed E-state index contributed by atoms with van der Waals surface area (Å²) in [5, 5.41) is 2.66. The monoisotopic (exact) mass is 238 g/mol. The fourth-order valence-corrected chi connectivity index (χ4v) is 3.40. The van der Waals surface area contributed by atoms with Gasteiger partial charge >= 0.3 is 0 Å². The van der Waals surface area contributed by atoms with Crippen LogP contribution in [0.2, 0.25) is 0 Å². The van der Waals surface area contributed by atoms with Gasteiger partial charge < -0.3 is 0 Å². The van der Waals surface area contributed by atoms with E-state index in [1.54, 1.807) is 0 Å². The molecule has 0 aliphatic carbocycles. The molecule has 0 saturated heterocycles. The summed E-state index contributed by atoms with van der Waals surface area (Å²) in [6.45, 7) is 4.37. The van der Waals surface area contributed by atoms with Gasteiger partial charge in [-0.2, -0.15) is 0 Å². The lowest BCUT2D eigenvalue weighted by Crippen LogP contribution is -1.79. The highest BCUT2D eigenvalue weighted by Gasteiger charge is 2.08. The standard InChI is InChI=1S/C16H14S/c1-11-10-12(2)17-16(11)15-9-5-7-13-6-3-4-8-14(13)15/h3-10H,1-2H3. The summed E-state index contributed by atoms with van der Waals surface area (Å²) in [6.07, 6.45) is 0. The third kappa shape index (κ3) is 1.77. The van der Waals surface area contributed by atoms with Gasteiger partial charge in [0.15, 0.2) is 0 Å². The first-order valence-electron chi connectivity index (χ1n) is 5.81. The highest BCUT2D eigenvalue weighted by atomic mass is 32.1. The van der Waals surface area contributed by atoms with E-state index >= 15 is 0 Å². The average Bonchev–Trinajstić information content (AvgIpc) is 2.68. The van der Waals surface area contributed by atoms with Gasteiger partial charge in [0.2, 0.25) is 0 Å². The summed E-state index contributed by atoms with van der Waals surface area (Å²) in [6, 6.07) is 17.4. The van der Waals surface area contributed by atoms with Crippen molar-refractivity contribution in [2.24, 2.45) is 0 Å². The van der Waals surface area contributed by atoms with Crippen LogP contribution in [0.3, 0.4) is 0 Å². The van der Waals surface area contributed by atoms with Crippen molar-refractivity contribution in [2.75, 3.05) is 0 Å². The molecule has 0 fully saturated rings. The minimum atomic E-state index is 1.32. The van der Waals surface area contributed by atoms with E-state index in [1.807, 2.05) is 11.3 Å². The molecule has 0 N–H and O–H groups in total. The fraction of sp³-hybridized carbons (Fsp3) is 0.125. The van der Waals surface area contributed by atoms with Gasteiger partial charge in [0, 0.05) is 9.75 Å². The highest BCUT2D eigenvalue weighted by molar-refractivity contribution is 7.15. The van der Waals surface area contributed by atoms with E-state index < -0.39 is 0 Å². The summed E-state index contributed by atoms with van der Waals surface area (Å²) < 4.78 is 0. The van der Waals surface area contributed by atoms with Crippen LogP contribution >= 0.6 is 11.3 Å². The van der Waals surface area contributed by atoms with Crippen LogP contribution in [-0.2, 0) is 0 Å². The SMILES string of the molecule is Cc1cc(C)c(-c2cccc3ccccc23)s1. The smallest absolute Gasteiger partial charge is 0.0380 e. The molecule has 0 radical (unpaired) electrons. The lowest BCUT2D eigenvalue weighted by atomic mass is 10.0. The molecule has 1 heterocycles. The lowest BCUT2D eigenvalue weighted by molar-refractivity contribution is 1.51. The normalized spacial score (nSPS) is 10.9. The van der Waals surface area contributed by atoms with E-state index in [9.17, 15) is 0 Å². The molecule has 0 aliphatic rings. The molecular formula is C16H14S. The van der Waals surface area contributed by atoms with E-state index in [-0.39, 0.29) is 0 Å². The van der Waals surface area contributed by atoms with Gasteiger partial charge in [-0.15, -0.1) is 11.3 Å². The van der Waals surface area contributed by atoms with Gasteiger partial charge in [-0.3, -0.25) is 0 Å². The van der Waals surface area contributed by atoms with Crippen molar-refractivity contribution in [3.8, 4) is 10.4 Å². The number of rotatable bonds is 1. The molecule has 0 amide bonds. The molecule has 3 rings (SSSR count). The van der Waals surface area contributed by atoms with Crippen molar-refractivity contribution in [1.82, 2.24) is 0 Å². The Balaban J connectivity index is 2.34. The minimum Gasteiger partial charge on any atom is -0.140 e. The van der Waals surface area contributed by atoms with Crippen LogP contribution in [-0.4, -0.2) is 0 Å². The minimum absolute atomic E-state index is 1.32. The van der Waals surface area contributed by atoms with Gasteiger partial charge in [-0.05, 0) is 41.8 Å². The molecule has 1 aromatic heterocycles. The molecule has 0 saturated carbocycles. The summed E-state index contributed by atoms with van der Waals surface area (Å²) in [5.41, 5.74) is 2.74. The Morgan fingerprint density at radius 3 is 2.41 bits per heavy atom. The predicted molar refractivity (Wildman–Crippen MR) is 76.7 cm³/mol. The number of hydrogen-bond acceptors (Lipinski definition) is 1. The maximum absolute atomic E-state index is 2.27. The van der Waals surface area contributed by atoms with E-state index in [0.717, 1.165) is 0 Å². The van der Waals surface area contributed by atoms with Crippen LogP contribution in [0.15, 0.2) is 48.5 Å². The Hall–Kier alpha value is -1.60. The number of benzene rings is 2. The van der Waals surface area contributed by atoms with Crippen LogP contribution in [0.4, 0.5) is 0 Å². The van der Waals surface area contributed by atoms with Crippen LogP contribution in [0.25, 0.3) is 21.2 Å². The Kier molecular flexibility index (Phi) is 2.49. The first-order valence-corrected chi connectivity index (χ1v) is 6.62. The number of hydrogen-bond donors (Lipinski definition) is 0. The lowest BCUT2D eigenvalue weighted by Gasteiger charge is -2.05. The van der Waals surface area contributed by atoms with Crippen LogP contribution in [0.5, 0.6) is 0 Å². The topological polar surface area (TPSA) is 0 Å². The van der Waals surface area contributed by atoms with E-state index in [0.29, 0.717) is 0 Å². The number of thiophene rings is 1. The van der Waals surface area contributed by atoms with Crippen molar-refractivity contribution in [2.45, 2.75) is 13.8 Å². The molecule has 3 aromatic rings. The van der Waals surface area contributed by atoms with Crippen molar-refractivity contribution in [3.05, 3.63) is 59.0 Å². The maximum atomic E-state index is 2.27. The Morgan fingerprint density at radius 1 is 0.882 bits per heavy atom. The molecule has 84 valence electrons. The van der Waals surface area contributed by atoms with Gasteiger partial charge in [0.1, 0.15) is 0 Å². The third-order valence-electron chi connectivity index (χ3n) is 3.08. The van der Waals surface area contributed by atoms with Crippen LogP contribution < -0.4 is 0 Å². The largest absolute Gasteiger partial charge is 0.140 e. The average molecular weight is 238 g/mol. The Morgan fingerprint density at radius 2 is 1.65 bits per heavy atom. The zero-order valence-electron chi connectivity index (χ0n) is 10.0. The molecule has 0 bridgehead atoms. The molecule has 1 heteroatoms. The van der Waals surface area contributed by atoms with Gasteiger partial charge in [-0.25, -0.2) is 0 Å². The summed E-state index contributed by atoms with van der Waals surface area (Å²) in [7, 11) is 0. The molecule has 0 nitrogen and oxygen atoms in total. The second kappa shape index (κ2) is 4.01. The molecular weight excluding hydrogens is 224 g/mol.